The van der Waals surface area contributed by atoms with Gasteiger partial charge in [-0.25, -0.2) is 4.79 Å². The molecule has 0 saturated carbocycles. The second-order valence-corrected chi connectivity index (χ2v) is 4.72. The highest BCUT2D eigenvalue weighted by molar-refractivity contribution is 9.10. The van der Waals surface area contributed by atoms with Crippen molar-refractivity contribution < 1.29 is 9.90 Å². The third-order valence-electron chi connectivity index (χ3n) is 2.55. The van der Waals surface area contributed by atoms with Gasteiger partial charge >= 0.3 is 5.97 Å². The van der Waals surface area contributed by atoms with Crippen LogP contribution in [0.1, 0.15) is 10.4 Å². The Balaban J connectivity index is 2.77. The van der Waals surface area contributed by atoms with Crippen LogP contribution in [0.3, 0.4) is 0 Å². The van der Waals surface area contributed by atoms with E-state index in [0.29, 0.717) is 11.1 Å². The number of aryl methyl sites for hydroxylation is 1. The number of hydrogen-bond acceptors (Lipinski definition) is 2. The predicted molar refractivity (Wildman–Crippen MR) is 71.8 cm³/mol. The SMILES string of the molecule is Cn1cc(C(=O)O)c(=O)c(-c2ccccc2Br)c1. The first-order valence-corrected chi connectivity index (χ1v) is 5.98. The van der Waals surface area contributed by atoms with Crippen molar-refractivity contribution in [1.29, 1.82) is 0 Å². The molecule has 0 unspecified atom stereocenters. The summed E-state index contributed by atoms with van der Waals surface area (Å²) in [7, 11) is 1.69. The first kappa shape index (κ1) is 12.6. The van der Waals surface area contributed by atoms with Crippen LogP contribution in [0.5, 0.6) is 0 Å². The summed E-state index contributed by atoms with van der Waals surface area (Å²) in [5, 5.41) is 9.01. The molecule has 0 atom stereocenters. The van der Waals surface area contributed by atoms with Gasteiger partial charge in [0, 0.05) is 35.0 Å². The van der Waals surface area contributed by atoms with Crippen molar-refractivity contribution >= 4 is 21.9 Å². The summed E-state index contributed by atoms with van der Waals surface area (Å²) in [6.07, 6.45) is 2.93. The van der Waals surface area contributed by atoms with Crippen molar-refractivity contribution in [1.82, 2.24) is 4.57 Å². The first-order chi connectivity index (χ1) is 8.50. The summed E-state index contributed by atoms with van der Waals surface area (Å²) in [6.45, 7) is 0. The lowest BCUT2D eigenvalue weighted by atomic mass is 10.1. The molecule has 1 heterocycles. The summed E-state index contributed by atoms with van der Waals surface area (Å²) < 4.78 is 2.32. The van der Waals surface area contributed by atoms with Crippen LogP contribution in [0.25, 0.3) is 11.1 Å². The molecule has 0 spiro atoms. The van der Waals surface area contributed by atoms with Gasteiger partial charge in [-0.2, -0.15) is 0 Å². The number of pyridine rings is 1. The van der Waals surface area contributed by atoms with Crippen molar-refractivity contribution in [2.75, 3.05) is 0 Å². The summed E-state index contributed by atoms with van der Waals surface area (Å²) >= 11 is 3.36. The Bertz CT molecular complexity index is 676. The lowest BCUT2D eigenvalue weighted by Gasteiger charge is -2.07. The molecule has 0 radical (unpaired) electrons. The van der Waals surface area contributed by atoms with Crippen LogP contribution in [0.15, 0.2) is 45.9 Å². The van der Waals surface area contributed by atoms with Gasteiger partial charge < -0.3 is 9.67 Å². The highest BCUT2D eigenvalue weighted by Gasteiger charge is 2.15. The van der Waals surface area contributed by atoms with Crippen LogP contribution in [-0.2, 0) is 7.05 Å². The number of halogens is 1. The van der Waals surface area contributed by atoms with E-state index in [1.165, 1.54) is 6.20 Å². The molecule has 1 aromatic heterocycles. The molecule has 0 aliphatic rings. The fourth-order valence-corrected chi connectivity index (χ4v) is 2.23. The number of aromatic carboxylic acids is 1. The topological polar surface area (TPSA) is 59.3 Å². The van der Waals surface area contributed by atoms with Gasteiger partial charge in [0.05, 0.1) is 0 Å². The molecule has 18 heavy (non-hydrogen) atoms. The largest absolute Gasteiger partial charge is 0.477 e. The van der Waals surface area contributed by atoms with E-state index in [0.717, 1.165) is 4.47 Å². The van der Waals surface area contributed by atoms with Gasteiger partial charge in [0.15, 0.2) is 0 Å². The molecule has 0 aliphatic carbocycles. The van der Waals surface area contributed by atoms with E-state index in [-0.39, 0.29) is 5.56 Å². The van der Waals surface area contributed by atoms with Gasteiger partial charge in [-0.05, 0) is 6.07 Å². The number of carboxylic acids is 1. The Morgan fingerprint density at radius 3 is 2.50 bits per heavy atom. The predicted octanol–water partition coefficient (Wildman–Crippen LogP) is 2.51. The summed E-state index contributed by atoms with van der Waals surface area (Å²) in [6, 6.07) is 7.21. The number of aromatic nitrogens is 1. The minimum absolute atomic E-state index is 0.231. The summed E-state index contributed by atoms with van der Waals surface area (Å²) in [4.78, 5) is 23.1. The highest BCUT2D eigenvalue weighted by Crippen LogP contribution is 2.25. The Morgan fingerprint density at radius 1 is 1.22 bits per heavy atom. The molecule has 0 amide bonds. The van der Waals surface area contributed by atoms with E-state index in [1.807, 2.05) is 12.1 Å². The van der Waals surface area contributed by atoms with Crippen molar-refractivity contribution in [3.05, 3.63) is 56.9 Å². The van der Waals surface area contributed by atoms with E-state index in [1.54, 1.807) is 29.9 Å². The van der Waals surface area contributed by atoms with Crippen LogP contribution >= 0.6 is 15.9 Å². The van der Waals surface area contributed by atoms with Crippen molar-refractivity contribution in [2.24, 2.45) is 7.05 Å². The number of nitrogens with zero attached hydrogens (tertiary/aromatic N) is 1. The van der Waals surface area contributed by atoms with Crippen molar-refractivity contribution in [3.8, 4) is 11.1 Å². The molecule has 1 N–H and O–H groups in total. The minimum Gasteiger partial charge on any atom is -0.477 e. The second kappa shape index (κ2) is 4.78. The van der Waals surface area contributed by atoms with Gasteiger partial charge in [0.1, 0.15) is 5.56 Å². The van der Waals surface area contributed by atoms with E-state index >= 15 is 0 Å². The third-order valence-corrected chi connectivity index (χ3v) is 3.24. The molecule has 5 heteroatoms. The number of carbonyl (C=O) groups is 1. The van der Waals surface area contributed by atoms with E-state index in [4.69, 9.17) is 5.11 Å². The maximum atomic E-state index is 12.1. The lowest BCUT2D eigenvalue weighted by Crippen LogP contribution is -2.18. The van der Waals surface area contributed by atoms with E-state index in [9.17, 15) is 9.59 Å². The number of hydrogen-bond donors (Lipinski definition) is 1. The maximum Gasteiger partial charge on any atom is 0.341 e. The van der Waals surface area contributed by atoms with Gasteiger partial charge in [-0.1, -0.05) is 34.1 Å². The van der Waals surface area contributed by atoms with E-state index in [2.05, 4.69) is 15.9 Å². The Hall–Kier alpha value is -1.88. The third kappa shape index (κ3) is 2.22. The van der Waals surface area contributed by atoms with Gasteiger partial charge in [0.2, 0.25) is 5.43 Å². The normalized spacial score (nSPS) is 10.3. The lowest BCUT2D eigenvalue weighted by molar-refractivity contribution is 0.0694. The molecule has 0 aliphatic heterocycles. The minimum atomic E-state index is -1.22. The molecule has 2 rings (SSSR count). The average Bonchev–Trinajstić information content (AvgIpc) is 2.32. The summed E-state index contributed by atoms with van der Waals surface area (Å²) in [5.74, 6) is -1.22. The smallest absolute Gasteiger partial charge is 0.341 e. The first-order valence-electron chi connectivity index (χ1n) is 5.19. The zero-order valence-electron chi connectivity index (χ0n) is 9.55. The zero-order chi connectivity index (χ0) is 13.3. The molecular weight excluding hydrogens is 298 g/mol. The van der Waals surface area contributed by atoms with E-state index < -0.39 is 11.4 Å². The van der Waals surface area contributed by atoms with Crippen LogP contribution < -0.4 is 5.43 Å². The fourth-order valence-electron chi connectivity index (χ4n) is 1.73. The number of rotatable bonds is 2. The monoisotopic (exact) mass is 307 g/mol. The summed E-state index contributed by atoms with van der Waals surface area (Å²) in [5.41, 5.74) is 0.337. The van der Waals surface area contributed by atoms with Gasteiger partial charge in [0.25, 0.3) is 0 Å². The van der Waals surface area contributed by atoms with Crippen LogP contribution in [0.2, 0.25) is 0 Å². The average molecular weight is 308 g/mol. The molecule has 0 fully saturated rings. The fraction of sp³-hybridized carbons (Fsp3) is 0.0769. The Labute approximate surface area is 112 Å². The van der Waals surface area contributed by atoms with Crippen LogP contribution in [-0.4, -0.2) is 15.6 Å². The quantitative estimate of drug-likeness (QED) is 0.927. The molecule has 0 saturated heterocycles. The molecule has 1 aromatic carbocycles. The molecule has 0 bridgehead atoms. The van der Waals surface area contributed by atoms with Crippen LogP contribution in [0, 0.1) is 0 Å². The highest BCUT2D eigenvalue weighted by atomic mass is 79.9. The maximum absolute atomic E-state index is 12.1. The molecule has 92 valence electrons. The molecular formula is C13H10BrNO3. The Kier molecular flexibility index (Phi) is 3.34. The zero-order valence-corrected chi connectivity index (χ0v) is 11.1. The standard InChI is InChI=1S/C13H10BrNO3/c1-15-6-9(8-4-2-3-5-11(8)14)12(16)10(7-15)13(17)18/h2-7H,1H3,(H,17,18). The number of carboxylic acid groups (broad SMARTS) is 1. The van der Waals surface area contributed by atoms with Crippen LogP contribution in [0.4, 0.5) is 0 Å². The van der Waals surface area contributed by atoms with Crippen molar-refractivity contribution in [3.63, 3.8) is 0 Å². The Morgan fingerprint density at radius 2 is 1.89 bits per heavy atom. The van der Waals surface area contributed by atoms with Crippen molar-refractivity contribution in [2.45, 2.75) is 0 Å². The second-order valence-electron chi connectivity index (χ2n) is 3.87. The molecule has 2 aromatic rings. The molecule has 4 nitrogen and oxygen atoms in total. The number of benzene rings is 1. The van der Waals surface area contributed by atoms with Gasteiger partial charge in [-0.15, -0.1) is 0 Å². The van der Waals surface area contributed by atoms with Gasteiger partial charge in [-0.3, -0.25) is 4.79 Å².